The number of hydrogen-bond acceptors (Lipinski definition) is 6. The third kappa shape index (κ3) is 3.36. The Bertz CT molecular complexity index is 857. The van der Waals surface area contributed by atoms with Gasteiger partial charge in [0.05, 0.1) is 16.1 Å². The van der Waals surface area contributed by atoms with E-state index in [2.05, 4.69) is 9.97 Å². The first-order chi connectivity index (χ1) is 11.7. The van der Waals surface area contributed by atoms with Crippen LogP contribution >= 0.6 is 11.3 Å². The highest BCUT2D eigenvalue weighted by Crippen LogP contribution is 2.39. The van der Waals surface area contributed by atoms with Crippen LogP contribution < -0.4 is 0 Å². The van der Waals surface area contributed by atoms with Crippen LogP contribution in [0.5, 0.6) is 0 Å². The molecular formula is C17H17BFN3O2S. The lowest BCUT2D eigenvalue weighted by atomic mass is 9.87. The number of thiophene rings is 1. The minimum absolute atomic E-state index is 0.242. The van der Waals surface area contributed by atoms with Crippen LogP contribution in [0.25, 0.3) is 16.6 Å². The minimum atomic E-state index is -1.03. The summed E-state index contributed by atoms with van der Waals surface area (Å²) in [6.07, 6.45) is 4.38. The zero-order valence-electron chi connectivity index (χ0n) is 14.4. The fourth-order valence-corrected chi connectivity index (χ4v) is 3.26. The van der Waals surface area contributed by atoms with E-state index >= 15 is 0 Å². The maximum absolute atomic E-state index is 14.6. The Morgan fingerprint density at radius 1 is 1.20 bits per heavy atom. The van der Waals surface area contributed by atoms with Crippen molar-refractivity contribution >= 4 is 24.5 Å². The Morgan fingerprint density at radius 2 is 1.84 bits per heavy atom. The molecule has 0 aliphatic carbocycles. The van der Waals surface area contributed by atoms with Crippen molar-refractivity contribution in [3.8, 4) is 16.6 Å². The Balaban J connectivity index is 1.84. The molecule has 1 saturated heterocycles. The van der Waals surface area contributed by atoms with Gasteiger partial charge in [-0.2, -0.15) is 5.26 Å². The maximum atomic E-state index is 14.6. The summed E-state index contributed by atoms with van der Waals surface area (Å²) >= 11 is 1.32. The van der Waals surface area contributed by atoms with Crippen molar-refractivity contribution in [2.45, 2.75) is 38.9 Å². The molecule has 2 aromatic heterocycles. The molecule has 25 heavy (non-hydrogen) atoms. The van der Waals surface area contributed by atoms with Crippen LogP contribution in [-0.4, -0.2) is 28.3 Å². The summed E-state index contributed by atoms with van der Waals surface area (Å²) in [6, 6.07) is 5.57. The summed E-state index contributed by atoms with van der Waals surface area (Å²) in [4.78, 5) is 9.61. The molecular weight excluding hydrogens is 340 g/mol. The fraction of sp³-hybridized carbons (Fsp3) is 0.353. The second-order valence-electron chi connectivity index (χ2n) is 6.68. The molecule has 0 N–H and O–H groups in total. The van der Waals surface area contributed by atoms with Gasteiger partial charge in [-0.25, -0.2) is 9.37 Å². The molecule has 2 aromatic rings. The van der Waals surface area contributed by atoms with Crippen molar-refractivity contribution in [3.05, 3.63) is 40.8 Å². The Labute approximate surface area is 150 Å². The SMILES string of the molecule is CC1(C)OB(C(F)=Cc2ccc(-c3nccnc3C#N)s2)OC1(C)C. The van der Waals surface area contributed by atoms with Crippen molar-refractivity contribution in [1.82, 2.24) is 9.97 Å². The normalized spacial score (nSPS) is 19.0. The summed E-state index contributed by atoms with van der Waals surface area (Å²) in [5.41, 5.74) is -0.945. The lowest BCUT2D eigenvalue weighted by Gasteiger charge is -2.32. The summed E-state index contributed by atoms with van der Waals surface area (Å²) in [7, 11) is -1.03. The molecule has 8 heteroatoms. The molecule has 0 unspecified atom stereocenters. The van der Waals surface area contributed by atoms with Crippen LogP contribution in [0.1, 0.15) is 38.3 Å². The number of rotatable bonds is 3. The average molecular weight is 357 g/mol. The summed E-state index contributed by atoms with van der Waals surface area (Å²) in [5, 5.41) is 9.12. The van der Waals surface area contributed by atoms with E-state index in [1.165, 1.54) is 29.8 Å². The smallest absolute Gasteiger partial charge is 0.398 e. The molecule has 5 nitrogen and oxygen atoms in total. The highest BCUT2D eigenvalue weighted by Gasteiger charge is 2.53. The van der Waals surface area contributed by atoms with Gasteiger partial charge in [0, 0.05) is 17.3 Å². The zero-order valence-corrected chi connectivity index (χ0v) is 15.2. The molecule has 1 fully saturated rings. The van der Waals surface area contributed by atoms with Gasteiger partial charge in [0.1, 0.15) is 17.5 Å². The molecule has 0 atom stereocenters. The van der Waals surface area contributed by atoms with E-state index in [1.54, 1.807) is 12.1 Å². The van der Waals surface area contributed by atoms with Gasteiger partial charge in [0.15, 0.2) is 5.69 Å². The molecule has 1 aliphatic heterocycles. The monoisotopic (exact) mass is 357 g/mol. The average Bonchev–Trinajstić information content (AvgIpc) is 3.09. The predicted octanol–water partition coefficient (Wildman–Crippen LogP) is 4.02. The van der Waals surface area contributed by atoms with Gasteiger partial charge in [-0.15, -0.1) is 11.3 Å². The number of nitriles is 1. The van der Waals surface area contributed by atoms with Crippen LogP contribution in [0.2, 0.25) is 0 Å². The quantitative estimate of drug-likeness (QED) is 0.776. The second-order valence-corrected chi connectivity index (χ2v) is 7.80. The van der Waals surface area contributed by atoms with Gasteiger partial charge in [0.2, 0.25) is 0 Å². The molecule has 0 radical (unpaired) electrons. The van der Waals surface area contributed by atoms with Gasteiger partial charge in [-0.3, -0.25) is 4.98 Å². The molecule has 128 valence electrons. The molecule has 0 amide bonds. The third-order valence-corrected chi connectivity index (χ3v) is 5.46. The first kappa shape index (κ1) is 17.7. The lowest BCUT2D eigenvalue weighted by molar-refractivity contribution is 0.00578. The number of halogens is 1. The van der Waals surface area contributed by atoms with E-state index in [9.17, 15) is 4.39 Å². The third-order valence-electron chi connectivity index (χ3n) is 4.42. The van der Waals surface area contributed by atoms with E-state index in [0.717, 1.165) is 4.88 Å². The van der Waals surface area contributed by atoms with E-state index < -0.39 is 24.0 Å². The maximum Gasteiger partial charge on any atom is 0.525 e. The summed E-state index contributed by atoms with van der Waals surface area (Å²) in [5.74, 6) is 0. The highest BCUT2D eigenvalue weighted by atomic mass is 32.1. The predicted molar refractivity (Wildman–Crippen MR) is 95.2 cm³/mol. The number of hydrogen-bond donors (Lipinski definition) is 0. The Hall–Kier alpha value is -2.08. The van der Waals surface area contributed by atoms with Crippen molar-refractivity contribution < 1.29 is 13.7 Å². The standard InChI is InChI=1S/C17H17BFN3O2S/c1-16(2)17(3,4)24-18(23-16)14(19)9-11-5-6-13(25-11)15-12(10-20)21-7-8-22-15/h5-9H,1-4H3. The van der Waals surface area contributed by atoms with Crippen molar-refractivity contribution in [3.63, 3.8) is 0 Å². The van der Waals surface area contributed by atoms with Gasteiger partial charge in [-0.1, -0.05) is 0 Å². The highest BCUT2D eigenvalue weighted by molar-refractivity contribution is 7.16. The first-order valence-corrected chi connectivity index (χ1v) is 8.59. The van der Waals surface area contributed by atoms with Crippen LogP contribution in [-0.2, 0) is 9.31 Å². The van der Waals surface area contributed by atoms with Gasteiger partial charge in [-0.05, 0) is 45.9 Å². The minimum Gasteiger partial charge on any atom is -0.398 e. The lowest BCUT2D eigenvalue weighted by Crippen LogP contribution is -2.41. The Morgan fingerprint density at radius 3 is 2.48 bits per heavy atom. The van der Waals surface area contributed by atoms with Crippen LogP contribution in [0.15, 0.2) is 30.3 Å². The second kappa shape index (κ2) is 6.34. The van der Waals surface area contributed by atoms with Crippen molar-refractivity contribution in [1.29, 1.82) is 5.26 Å². The first-order valence-electron chi connectivity index (χ1n) is 7.77. The molecule has 0 bridgehead atoms. The molecule has 0 spiro atoms. The van der Waals surface area contributed by atoms with Gasteiger partial charge < -0.3 is 9.31 Å². The summed E-state index contributed by atoms with van der Waals surface area (Å²) in [6.45, 7) is 7.50. The van der Waals surface area contributed by atoms with Crippen molar-refractivity contribution in [2.75, 3.05) is 0 Å². The van der Waals surface area contributed by atoms with E-state index in [1.807, 2.05) is 33.8 Å². The van der Waals surface area contributed by atoms with Crippen LogP contribution in [0.3, 0.4) is 0 Å². The van der Waals surface area contributed by atoms with E-state index in [-0.39, 0.29) is 5.69 Å². The molecule has 0 aromatic carbocycles. The van der Waals surface area contributed by atoms with Gasteiger partial charge in [0.25, 0.3) is 0 Å². The summed E-state index contributed by atoms with van der Waals surface area (Å²) < 4.78 is 26.0. The van der Waals surface area contributed by atoms with Crippen molar-refractivity contribution in [2.24, 2.45) is 0 Å². The van der Waals surface area contributed by atoms with Gasteiger partial charge >= 0.3 is 7.12 Å². The van der Waals surface area contributed by atoms with Crippen LogP contribution in [0, 0.1) is 11.3 Å². The zero-order chi connectivity index (χ0) is 18.2. The molecule has 1 aliphatic rings. The topological polar surface area (TPSA) is 68.0 Å². The fourth-order valence-electron chi connectivity index (χ4n) is 2.32. The van der Waals surface area contributed by atoms with Crippen LogP contribution in [0.4, 0.5) is 4.39 Å². The Kier molecular flexibility index (Phi) is 4.50. The number of aromatic nitrogens is 2. The molecule has 0 saturated carbocycles. The molecule has 3 heterocycles. The van der Waals surface area contributed by atoms with E-state index in [4.69, 9.17) is 14.6 Å². The number of nitrogens with zero attached hydrogens (tertiary/aromatic N) is 3. The largest absolute Gasteiger partial charge is 0.525 e. The molecule has 3 rings (SSSR count). The van der Waals surface area contributed by atoms with E-state index in [0.29, 0.717) is 10.6 Å².